The Morgan fingerprint density at radius 3 is 2.50 bits per heavy atom. The molecule has 0 aliphatic carbocycles. The van der Waals surface area contributed by atoms with Gasteiger partial charge in [0.2, 0.25) is 0 Å². The number of rotatable bonds is 3. The van der Waals surface area contributed by atoms with Crippen molar-refractivity contribution in [3.05, 3.63) is 64.4 Å². The lowest BCUT2D eigenvalue weighted by molar-refractivity contribution is 0.178. The molecule has 4 heteroatoms. The number of benzene rings is 2. The van der Waals surface area contributed by atoms with Crippen LogP contribution in [0.4, 0.5) is 10.1 Å². The molecule has 1 atom stereocenters. The van der Waals surface area contributed by atoms with Crippen LogP contribution in [0, 0.1) is 5.82 Å². The first-order valence-corrected chi connectivity index (χ1v) is 5.92. The molecule has 0 aliphatic heterocycles. The van der Waals surface area contributed by atoms with Crippen molar-refractivity contribution >= 4 is 17.3 Å². The summed E-state index contributed by atoms with van der Waals surface area (Å²) in [5, 5.41) is 10.1. The lowest BCUT2D eigenvalue weighted by atomic mass is 10.0. The molecule has 94 valence electrons. The summed E-state index contributed by atoms with van der Waals surface area (Å²) in [6, 6.07) is 11.5. The van der Waals surface area contributed by atoms with Gasteiger partial charge in [0, 0.05) is 12.1 Å². The zero-order valence-corrected chi connectivity index (χ0v) is 10.4. The minimum Gasteiger partial charge on any atom is -0.399 e. The Labute approximate surface area is 110 Å². The summed E-state index contributed by atoms with van der Waals surface area (Å²) in [6.07, 6.45) is -0.467. The largest absolute Gasteiger partial charge is 0.399 e. The highest BCUT2D eigenvalue weighted by Crippen LogP contribution is 2.25. The molecule has 3 N–H and O–H groups in total. The molecule has 0 aromatic heterocycles. The molecule has 0 aliphatic rings. The molecule has 2 rings (SSSR count). The summed E-state index contributed by atoms with van der Waals surface area (Å²) in [5.74, 6) is -0.473. The van der Waals surface area contributed by atoms with Gasteiger partial charge >= 0.3 is 0 Å². The van der Waals surface area contributed by atoms with Crippen molar-refractivity contribution in [3.8, 4) is 0 Å². The first kappa shape index (κ1) is 12.9. The molecule has 2 aromatic carbocycles. The molecule has 2 aromatic rings. The first-order chi connectivity index (χ1) is 8.58. The maximum absolute atomic E-state index is 13.3. The van der Waals surface area contributed by atoms with Gasteiger partial charge < -0.3 is 10.8 Å². The predicted molar refractivity (Wildman–Crippen MR) is 70.9 cm³/mol. The summed E-state index contributed by atoms with van der Waals surface area (Å²) in [6.45, 7) is 0. The van der Waals surface area contributed by atoms with Crippen LogP contribution in [0.5, 0.6) is 0 Å². The standard InChI is InChI=1S/C14H13ClFNO/c15-14-10(2-1-3-12(14)16)8-13(18)9-4-6-11(17)7-5-9/h1-7,13,18H,8,17H2. The number of hydrogen-bond acceptors (Lipinski definition) is 2. The lowest BCUT2D eigenvalue weighted by Gasteiger charge is -2.12. The predicted octanol–water partition coefficient (Wildman–Crippen LogP) is 3.34. The minimum absolute atomic E-state index is 0.0620. The topological polar surface area (TPSA) is 46.2 Å². The Hall–Kier alpha value is -1.58. The molecule has 2 nitrogen and oxygen atoms in total. The third-order valence-electron chi connectivity index (χ3n) is 2.77. The Morgan fingerprint density at radius 2 is 1.83 bits per heavy atom. The van der Waals surface area contributed by atoms with Crippen molar-refractivity contribution < 1.29 is 9.50 Å². The van der Waals surface area contributed by atoms with E-state index in [4.69, 9.17) is 17.3 Å². The summed E-state index contributed by atoms with van der Waals surface area (Å²) >= 11 is 5.84. The van der Waals surface area contributed by atoms with Crippen LogP contribution in [0.25, 0.3) is 0 Å². The molecule has 0 amide bonds. The fourth-order valence-electron chi connectivity index (χ4n) is 1.75. The fourth-order valence-corrected chi connectivity index (χ4v) is 1.95. The van der Waals surface area contributed by atoms with Gasteiger partial charge in [0.05, 0.1) is 11.1 Å². The highest BCUT2D eigenvalue weighted by atomic mass is 35.5. The number of nitrogen functional groups attached to an aromatic ring is 1. The van der Waals surface area contributed by atoms with Crippen LogP contribution in [-0.4, -0.2) is 5.11 Å². The van der Waals surface area contributed by atoms with Crippen molar-refractivity contribution in [2.45, 2.75) is 12.5 Å². The zero-order valence-electron chi connectivity index (χ0n) is 9.61. The molecule has 0 saturated heterocycles. The van der Waals surface area contributed by atoms with Gasteiger partial charge in [0.1, 0.15) is 5.82 Å². The van der Waals surface area contributed by atoms with Crippen LogP contribution >= 0.6 is 11.6 Å². The summed E-state index contributed by atoms with van der Waals surface area (Å²) in [5.41, 5.74) is 7.52. The third-order valence-corrected chi connectivity index (χ3v) is 3.19. The van der Waals surface area contributed by atoms with Crippen LogP contribution in [0.2, 0.25) is 5.02 Å². The molecule has 0 saturated carbocycles. The van der Waals surface area contributed by atoms with Gasteiger partial charge in [-0.25, -0.2) is 4.39 Å². The second-order valence-corrected chi connectivity index (χ2v) is 4.48. The van der Waals surface area contributed by atoms with Crippen LogP contribution in [-0.2, 0) is 6.42 Å². The van der Waals surface area contributed by atoms with Crippen molar-refractivity contribution in [1.82, 2.24) is 0 Å². The zero-order chi connectivity index (χ0) is 13.1. The summed E-state index contributed by atoms with van der Waals surface area (Å²) < 4.78 is 13.3. The second kappa shape index (κ2) is 5.38. The SMILES string of the molecule is Nc1ccc(C(O)Cc2cccc(F)c2Cl)cc1. The summed E-state index contributed by atoms with van der Waals surface area (Å²) in [4.78, 5) is 0. The molecular formula is C14H13ClFNO. The van der Waals surface area contributed by atoms with E-state index >= 15 is 0 Å². The highest BCUT2D eigenvalue weighted by molar-refractivity contribution is 6.31. The average molecular weight is 266 g/mol. The normalized spacial score (nSPS) is 12.4. The maximum Gasteiger partial charge on any atom is 0.142 e. The smallest absolute Gasteiger partial charge is 0.142 e. The number of halogens is 2. The number of anilines is 1. The minimum atomic E-state index is -0.732. The first-order valence-electron chi connectivity index (χ1n) is 5.54. The number of aliphatic hydroxyl groups excluding tert-OH is 1. The van der Waals surface area contributed by atoms with Gasteiger partial charge in [-0.3, -0.25) is 0 Å². The van der Waals surface area contributed by atoms with Crippen LogP contribution < -0.4 is 5.73 Å². The maximum atomic E-state index is 13.3. The quantitative estimate of drug-likeness (QED) is 0.836. The highest BCUT2D eigenvalue weighted by Gasteiger charge is 2.12. The van der Waals surface area contributed by atoms with Gasteiger partial charge in [-0.05, 0) is 29.3 Å². The van der Waals surface area contributed by atoms with Crippen molar-refractivity contribution in [1.29, 1.82) is 0 Å². The van der Waals surface area contributed by atoms with E-state index < -0.39 is 11.9 Å². The van der Waals surface area contributed by atoms with Crippen molar-refractivity contribution in [3.63, 3.8) is 0 Å². The molecule has 0 radical (unpaired) electrons. The number of aliphatic hydroxyl groups is 1. The van der Waals surface area contributed by atoms with E-state index in [2.05, 4.69) is 0 Å². The van der Waals surface area contributed by atoms with E-state index in [1.54, 1.807) is 36.4 Å². The van der Waals surface area contributed by atoms with Crippen LogP contribution in [0.3, 0.4) is 0 Å². The van der Waals surface area contributed by atoms with Crippen molar-refractivity contribution in [2.75, 3.05) is 5.73 Å². The molecule has 0 heterocycles. The van der Waals surface area contributed by atoms with Crippen LogP contribution in [0.15, 0.2) is 42.5 Å². The van der Waals surface area contributed by atoms with Gasteiger partial charge in [0.25, 0.3) is 0 Å². The molecule has 18 heavy (non-hydrogen) atoms. The second-order valence-electron chi connectivity index (χ2n) is 4.10. The molecule has 0 bridgehead atoms. The molecule has 1 unspecified atom stereocenters. The van der Waals surface area contributed by atoms with E-state index in [0.717, 1.165) is 5.56 Å². The van der Waals surface area contributed by atoms with Gasteiger partial charge in [0.15, 0.2) is 0 Å². The monoisotopic (exact) mass is 265 g/mol. The third kappa shape index (κ3) is 2.81. The number of hydrogen-bond donors (Lipinski definition) is 2. The van der Waals surface area contributed by atoms with E-state index in [1.165, 1.54) is 6.07 Å². The van der Waals surface area contributed by atoms with Gasteiger partial charge in [-0.1, -0.05) is 35.9 Å². The van der Waals surface area contributed by atoms with Crippen LogP contribution in [0.1, 0.15) is 17.2 Å². The van der Waals surface area contributed by atoms with Crippen molar-refractivity contribution in [2.24, 2.45) is 0 Å². The van der Waals surface area contributed by atoms with E-state index in [9.17, 15) is 9.50 Å². The number of nitrogens with two attached hydrogens (primary N) is 1. The lowest BCUT2D eigenvalue weighted by Crippen LogP contribution is -2.03. The summed E-state index contributed by atoms with van der Waals surface area (Å²) in [7, 11) is 0. The van der Waals surface area contributed by atoms with E-state index in [-0.39, 0.29) is 11.4 Å². The Bertz CT molecular complexity index is 542. The Kier molecular flexibility index (Phi) is 3.84. The molecular weight excluding hydrogens is 253 g/mol. The van der Waals surface area contributed by atoms with Gasteiger partial charge in [-0.2, -0.15) is 0 Å². The van der Waals surface area contributed by atoms with Gasteiger partial charge in [-0.15, -0.1) is 0 Å². The fraction of sp³-hybridized carbons (Fsp3) is 0.143. The molecule has 0 fully saturated rings. The Balaban J connectivity index is 2.18. The van der Waals surface area contributed by atoms with E-state index in [0.29, 0.717) is 11.3 Å². The molecule has 0 spiro atoms. The van der Waals surface area contributed by atoms with E-state index in [1.807, 2.05) is 0 Å². The average Bonchev–Trinajstić information content (AvgIpc) is 2.36. The Morgan fingerprint density at radius 1 is 1.17 bits per heavy atom.